The number of hydrogen-bond donors (Lipinski definition) is 1. The van der Waals surface area contributed by atoms with Crippen LogP contribution in [-0.4, -0.2) is 49.8 Å². The minimum atomic E-state index is -0.307. The van der Waals surface area contributed by atoms with Crippen LogP contribution in [0.25, 0.3) is 16.6 Å². The summed E-state index contributed by atoms with van der Waals surface area (Å²) in [4.78, 5) is 28.8. The third kappa shape index (κ3) is 4.28. The van der Waals surface area contributed by atoms with E-state index in [-0.39, 0.29) is 11.9 Å². The number of nitrogens with one attached hydrogen (secondary N) is 1. The molecular formula is C25H27N7O2. The van der Waals surface area contributed by atoms with E-state index < -0.39 is 0 Å². The lowest BCUT2D eigenvalue weighted by atomic mass is 10.1. The highest BCUT2D eigenvalue weighted by atomic mass is 16.5. The lowest BCUT2D eigenvalue weighted by molar-refractivity contribution is -0.122. The zero-order valence-corrected chi connectivity index (χ0v) is 19.3. The molecule has 0 saturated carbocycles. The fourth-order valence-corrected chi connectivity index (χ4v) is 4.43. The molecule has 0 spiro atoms. The number of para-hydroxylation sites is 1. The number of aryl methyl sites for hydroxylation is 1. The van der Waals surface area contributed by atoms with Crippen molar-refractivity contribution >= 4 is 22.8 Å². The number of ether oxygens (including phenoxy) is 1. The van der Waals surface area contributed by atoms with E-state index in [1.807, 2.05) is 61.2 Å². The topological polar surface area (TPSA) is 98.1 Å². The number of hydrogen-bond acceptors (Lipinski definition) is 7. The van der Waals surface area contributed by atoms with Crippen LogP contribution in [0, 0.1) is 6.92 Å². The van der Waals surface area contributed by atoms with E-state index in [0.29, 0.717) is 19.1 Å². The van der Waals surface area contributed by atoms with Crippen molar-refractivity contribution in [2.45, 2.75) is 39.3 Å². The zero-order valence-electron chi connectivity index (χ0n) is 19.3. The SMILES string of the molecule is CCOc1ccc2nc(N3CCC[C@@H]3C(=O)NCc3ccccc3-n3cncn3)nc(C)c2c1. The number of fused-ring (bicyclic) bond motifs is 1. The van der Waals surface area contributed by atoms with Crippen molar-refractivity contribution in [3.8, 4) is 11.4 Å². The average Bonchev–Trinajstić information content (AvgIpc) is 3.56. The Bertz CT molecular complexity index is 1310. The summed E-state index contributed by atoms with van der Waals surface area (Å²) in [6.07, 6.45) is 4.82. The molecule has 1 fully saturated rings. The van der Waals surface area contributed by atoms with E-state index in [4.69, 9.17) is 14.7 Å². The first kappa shape index (κ1) is 21.8. The van der Waals surface area contributed by atoms with Gasteiger partial charge >= 0.3 is 0 Å². The fraction of sp³-hybridized carbons (Fsp3) is 0.320. The van der Waals surface area contributed by atoms with Gasteiger partial charge in [0.2, 0.25) is 11.9 Å². The number of anilines is 1. The van der Waals surface area contributed by atoms with Gasteiger partial charge in [0.15, 0.2) is 0 Å². The summed E-state index contributed by atoms with van der Waals surface area (Å²) in [7, 11) is 0. The van der Waals surface area contributed by atoms with Crippen LogP contribution in [0.2, 0.25) is 0 Å². The second kappa shape index (κ2) is 9.46. The highest BCUT2D eigenvalue weighted by Crippen LogP contribution is 2.28. The Hall–Kier alpha value is -4.01. The number of amides is 1. The van der Waals surface area contributed by atoms with Gasteiger partial charge in [-0.1, -0.05) is 18.2 Å². The van der Waals surface area contributed by atoms with Gasteiger partial charge in [0.25, 0.3) is 0 Å². The van der Waals surface area contributed by atoms with Gasteiger partial charge in [0.1, 0.15) is 24.4 Å². The molecule has 1 aliphatic heterocycles. The standard InChI is InChI=1S/C25H27N7O2/c1-3-34-19-10-11-21-20(13-19)17(2)29-25(30-21)31-12-6-9-23(31)24(33)27-14-18-7-4-5-8-22(18)32-16-26-15-28-32/h4-5,7-8,10-11,13,15-16,23H,3,6,9,12,14H2,1-2H3,(H,27,33)/t23-/m1/s1. The summed E-state index contributed by atoms with van der Waals surface area (Å²) in [5, 5.41) is 8.27. The van der Waals surface area contributed by atoms with Crippen molar-refractivity contribution in [3.63, 3.8) is 0 Å². The highest BCUT2D eigenvalue weighted by Gasteiger charge is 2.32. The zero-order chi connectivity index (χ0) is 23.5. The van der Waals surface area contributed by atoms with Gasteiger partial charge < -0.3 is 15.0 Å². The molecule has 5 rings (SSSR count). The largest absolute Gasteiger partial charge is 0.494 e. The number of carbonyl (C=O) groups excluding carboxylic acids is 1. The van der Waals surface area contributed by atoms with Crippen molar-refractivity contribution in [1.29, 1.82) is 0 Å². The molecule has 4 aromatic rings. The van der Waals surface area contributed by atoms with Crippen LogP contribution in [0.3, 0.4) is 0 Å². The van der Waals surface area contributed by atoms with Gasteiger partial charge in [-0.05, 0) is 56.5 Å². The number of nitrogens with zero attached hydrogens (tertiary/aromatic N) is 6. The van der Waals surface area contributed by atoms with Crippen molar-refractivity contribution < 1.29 is 9.53 Å². The maximum atomic E-state index is 13.2. The van der Waals surface area contributed by atoms with Crippen LogP contribution in [0.1, 0.15) is 31.0 Å². The Kier molecular flexibility index (Phi) is 6.07. The lowest BCUT2D eigenvalue weighted by Gasteiger charge is -2.24. The molecule has 0 radical (unpaired) electrons. The van der Waals surface area contributed by atoms with Crippen LogP contribution < -0.4 is 15.0 Å². The molecule has 0 aliphatic carbocycles. The Labute approximate surface area is 197 Å². The number of rotatable bonds is 7. The number of benzene rings is 2. The van der Waals surface area contributed by atoms with Crippen LogP contribution in [0.15, 0.2) is 55.1 Å². The Morgan fingerprint density at radius 2 is 2.09 bits per heavy atom. The van der Waals surface area contributed by atoms with Gasteiger partial charge in [0, 0.05) is 18.5 Å². The first-order valence-electron chi connectivity index (χ1n) is 11.5. The first-order valence-corrected chi connectivity index (χ1v) is 11.5. The predicted octanol–water partition coefficient (Wildman–Crippen LogP) is 3.20. The normalized spacial score (nSPS) is 15.6. The number of carbonyl (C=O) groups is 1. The molecule has 2 aromatic heterocycles. The van der Waals surface area contributed by atoms with Crippen LogP contribution in [0.4, 0.5) is 5.95 Å². The molecule has 34 heavy (non-hydrogen) atoms. The molecule has 9 nitrogen and oxygen atoms in total. The van der Waals surface area contributed by atoms with E-state index in [0.717, 1.165) is 53.0 Å². The molecule has 9 heteroatoms. The third-order valence-electron chi connectivity index (χ3n) is 6.08. The maximum absolute atomic E-state index is 13.2. The molecule has 1 N–H and O–H groups in total. The Morgan fingerprint density at radius 1 is 1.21 bits per heavy atom. The van der Waals surface area contributed by atoms with E-state index >= 15 is 0 Å². The van der Waals surface area contributed by atoms with Crippen molar-refractivity contribution in [1.82, 2.24) is 30.0 Å². The van der Waals surface area contributed by atoms with E-state index in [1.54, 1.807) is 11.0 Å². The monoisotopic (exact) mass is 457 g/mol. The summed E-state index contributed by atoms with van der Waals surface area (Å²) in [5.74, 6) is 1.37. The molecule has 1 saturated heterocycles. The minimum absolute atomic E-state index is 0.0288. The smallest absolute Gasteiger partial charge is 0.243 e. The Balaban J connectivity index is 1.34. The summed E-state index contributed by atoms with van der Waals surface area (Å²) in [5.41, 5.74) is 3.57. The molecule has 0 unspecified atom stereocenters. The van der Waals surface area contributed by atoms with Gasteiger partial charge in [-0.3, -0.25) is 4.79 Å². The first-order chi connectivity index (χ1) is 16.6. The van der Waals surface area contributed by atoms with E-state index in [1.165, 1.54) is 6.33 Å². The Morgan fingerprint density at radius 3 is 2.91 bits per heavy atom. The molecule has 1 amide bonds. The lowest BCUT2D eigenvalue weighted by Crippen LogP contribution is -2.44. The average molecular weight is 458 g/mol. The van der Waals surface area contributed by atoms with Crippen molar-refractivity contribution in [2.75, 3.05) is 18.1 Å². The molecule has 0 bridgehead atoms. The maximum Gasteiger partial charge on any atom is 0.243 e. The minimum Gasteiger partial charge on any atom is -0.494 e. The van der Waals surface area contributed by atoms with Gasteiger partial charge in [0.05, 0.1) is 23.5 Å². The predicted molar refractivity (Wildman–Crippen MR) is 129 cm³/mol. The molecule has 1 aliphatic rings. The second-order valence-corrected chi connectivity index (χ2v) is 8.26. The van der Waals surface area contributed by atoms with Crippen LogP contribution in [0.5, 0.6) is 5.75 Å². The van der Waals surface area contributed by atoms with Crippen molar-refractivity contribution in [2.24, 2.45) is 0 Å². The van der Waals surface area contributed by atoms with Gasteiger partial charge in [-0.15, -0.1) is 0 Å². The summed E-state index contributed by atoms with van der Waals surface area (Å²) in [6, 6.07) is 13.4. The summed E-state index contributed by atoms with van der Waals surface area (Å²) in [6.45, 7) is 5.68. The molecular weight excluding hydrogens is 430 g/mol. The second-order valence-electron chi connectivity index (χ2n) is 8.26. The summed E-state index contributed by atoms with van der Waals surface area (Å²) < 4.78 is 7.32. The quantitative estimate of drug-likeness (QED) is 0.455. The van der Waals surface area contributed by atoms with Crippen molar-refractivity contribution in [3.05, 3.63) is 66.4 Å². The fourth-order valence-electron chi connectivity index (χ4n) is 4.43. The van der Waals surface area contributed by atoms with Gasteiger partial charge in [-0.25, -0.2) is 19.6 Å². The van der Waals surface area contributed by atoms with Crippen LogP contribution in [-0.2, 0) is 11.3 Å². The van der Waals surface area contributed by atoms with E-state index in [9.17, 15) is 4.79 Å². The highest BCUT2D eigenvalue weighted by molar-refractivity contribution is 5.87. The summed E-state index contributed by atoms with van der Waals surface area (Å²) >= 11 is 0. The molecule has 1 atom stereocenters. The molecule has 2 aromatic carbocycles. The third-order valence-corrected chi connectivity index (χ3v) is 6.08. The molecule has 3 heterocycles. The molecule has 174 valence electrons. The van der Waals surface area contributed by atoms with Gasteiger partial charge in [-0.2, -0.15) is 5.10 Å². The van der Waals surface area contributed by atoms with Crippen LogP contribution >= 0.6 is 0 Å². The number of aromatic nitrogens is 5. The van der Waals surface area contributed by atoms with E-state index in [2.05, 4.69) is 15.4 Å².